The largest absolute Gasteiger partial charge is 0.308 e. The highest BCUT2D eigenvalue weighted by molar-refractivity contribution is 5.95. The van der Waals surface area contributed by atoms with Crippen molar-refractivity contribution >= 4 is 11.7 Å². The molecule has 5 nitrogen and oxygen atoms in total. The molecular formula is C6H7N3O2. The van der Waals surface area contributed by atoms with Gasteiger partial charge in [-0.15, -0.1) is 0 Å². The third kappa shape index (κ3) is 0.894. The first-order valence-corrected chi connectivity index (χ1v) is 3.26. The molecule has 0 bridgehead atoms. The molecule has 0 unspecified atom stereocenters. The van der Waals surface area contributed by atoms with E-state index in [0.29, 0.717) is 12.5 Å². The summed E-state index contributed by atoms with van der Waals surface area (Å²) in [6.07, 6.45) is 3.08. The molecule has 0 aromatic heterocycles. The second-order valence-corrected chi connectivity index (χ2v) is 2.43. The zero-order valence-electron chi connectivity index (χ0n) is 5.77. The molecule has 58 valence electrons. The van der Waals surface area contributed by atoms with E-state index in [0.717, 1.165) is 5.06 Å². The third-order valence-electron chi connectivity index (χ3n) is 1.59. The van der Waals surface area contributed by atoms with E-state index in [2.05, 4.69) is 4.99 Å². The summed E-state index contributed by atoms with van der Waals surface area (Å²) < 4.78 is 0. The van der Waals surface area contributed by atoms with Crippen molar-refractivity contribution in [3.05, 3.63) is 12.4 Å². The number of Topliss-reactive ketones (excluding diaryl/α,β-unsaturated/α-hetero) is 1. The van der Waals surface area contributed by atoms with Crippen LogP contribution >= 0.6 is 0 Å². The van der Waals surface area contributed by atoms with Crippen LogP contribution in [0.4, 0.5) is 0 Å². The van der Waals surface area contributed by atoms with Crippen molar-refractivity contribution in [2.24, 2.45) is 4.99 Å². The van der Waals surface area contributed by atoms with Crippen LogP contribution in [0.5, 0.6) is 0 Å². The predicted molar refractivity (Wildman–Crippen MR) is 36.8 cm³/mol. The summed E-state index contributed by atoms with van der Waals surface area (Å²) in [7, 11) is 0. The van der Waals surface area contributed by atoms with Gasteiger partial charge in [0.25, 0.3) is 0 Å². The van der Waals surface area contributed by atoms with Crippen LogP contribution in [0.1, 0.15) is 0 Å². The van der Waals surface area contributed by atoms with Crippen molar-refractivity contribution < 1.29 is 10.0 Å². The molecule has 0 aliphatic carbocycles. The number of hydroxylamine groups is 2. The Kier molecular flexibility index (Phi) is 1.19. The molecule has 0 radical (unpaired) electrons. The van der Waals surface area contributed by atoms with Crippen molar-refractivity contribution in [3.8, 4) is 0 Å². The summed E-state index contributed by atoms with van der Waals surface area (Å²) in [4.78, 5) is 16.3. The number of ketones is 1. The molecule has 0 fully saturated rings. The molecule has 0 spiro atoms. The van der Waals surface area contributed by atoms with E-state index < -0.39 is 0 Å². The average molecular weight is 153 g/mol. The minimum absolute atomic E-state index is 0.0636. The van der Waals surface area contributed by atoms with Crippen molar-refractivity contribution in [3.63, 3.8) is 0 Å². The number of nitrogens with zero attached hydrogens (tertiary/aromatic N) is 3. The predicted octanol–water partition coefficient (Wildman–Crippen LogP) is -0.597. The molecule has 11 heavy (non-hydrogen) atoms. The van der Waals surface area contributed by atoms with Gasteiger partial charge in [0.1, 0.15) is 6.54 Å². The number of hydrogen-bond acceptors (Lipinski definition) is 5. The summed E-state index contributed by atoms with van der Waals surface area (Å²) in [5, 5.41) is 9.98. The SMILES string of the molecule is O=C1CN=C2N(O)C=CN2C1. The van der Waals surface area contributed by atoms with Gasteiger partial charge in [0.05, 0.1) is 12.7 Å². The molecule has 2 aliphatic rings. The number of hydrogen-bond donors (Lipinski definition) is 1. The van der Waals surface area contributed by atoms with Crippen LogP contribution in [-0.4, -0.2) is 40.0 Å². The van der Waals surface area contributed by atoms with Crippen LogP contribution in [0.3, 0.4) is 0 Å². The van der Waals surface area contributed by atoms with Crippen LogP contribution in [-0.2, 0) is 4.79 Å². The van der Waals surface area contributed by atoms with E-state index >= 15 is 0 Å². The Bertz CT molecular complexity index is 259. The molecule has 2 aliphatic heterocycles. The van der Waals surface area contributed by atoms with E-state index in [-0.39, 0.29) is 12.3 Å². The Morgan fingerprint density at radius 2 is 2.36 bits per heavy atom. The van der Waals surface area contributed by atoms with Gasteiger partial charge in [-0.25, -0.2) is 4.99 Å². The zero-order chi connectivity index (χ0) is 7.84. The molecule has 0 amide bonds. The number of carbonyl (C=O) groups excluding carboxylic acids is 1. The van der Waals surface area contributed by atoms with E-state index in [1.54, 1.807) is 11.1 Å². The summed E-state index contributed by atoms with van der Waals surface area (Å²) >= 11 is 0. The van der Waals surface area contributed by atoms with Gasteiger partial charge >= 0.3 is 0 Å². The fraction of sp³-hybridized carbons (Fsp3) is 0.333. The zero-order valence-corrected chi connectivity index (χ0v) is 5.77. The second-order valence-electron chi connectivity index (χ2n) is 2.43. The first-order chi connectivity index (χ1) is 5.27. The lowest BCUT2D eigenvalue weighted by Gasteiger charge is -2.21. The molecule has 1 N–H and O–H groups in total. The third-order valence-corrected chi connectivity index (χ3v) is 1.59. The monoisotopic (exact) mass is 153 g/mol. The van der Waals surface area contributed by atoms with Crippen LogP contribution in [0.2, 0.25) is 0 Å². The lowest BCUT2D eigenvalue weighted by Crippen LogP contribution is -2.39. The Morgan fingerprint density at radius 3 is 3.18 bits per heavy atom. The van der Waals surface area contributed by atoms with E-state index in [9.17, 15) is 4.79 Å². The van der Waals surface area contributed by atoms with Gasteiger partial charge < -0.3 is 4.90 Å². The van der Waals surface area contributed by atoms with Gasteiger partial charge in [-0.3, -0.25) is 10.0 Å². The molecule has 5 heteroatoms. The van der Waals surface area contributed by atoms with Crippen LogP contribution in [0.25, 0.3) is 0 Å². The summed E-state index contributed by atoms with van der Waals surface area (Å²) in [6, 6.07) is 0. The Balaban J connectivity index is 2.28. The first-order valence-electron chi connectivity index (χ1n) is 3.26. The Morgan fingerprint density at radius 1 is 1.55 bits per heavy atom. The molecule has 2 rings (SSSR count). The van der Waals surface area contributed by atoms with Crippen LogP contribution in [0, 0.1) is 0 Å². The number of fused-ring (bicyclic) bond motifs is 1. The van der Waals surface area contributed by atoms with Gasteiger partial charge in [0.15, 0.2) is 5.78 Å². The van der Waals surface area contributed by atoms with Crippen molar-refractivity contribution in [1.82, 2.24) is 9.96 Å². The van der Waals surface area contributed by atoms with E-state index in [1.807, 2.05) is 0 Å². The van der Waals surface area contributed by atoms with Crippen molar-refractivity contribution in [1.29, 1.82) is 0 Å². The number of carbonyl (C=O) groups is 1. The highest BCUT2D eigenvalue weighted by atomic mass is 16.5. The first kappa shape index (κ1) is 6.36. The number of aliphatic imine (C=N–C) groups is 1. The van der Waals surface area contributed by atoms with Crippen molar-refractivity contribution in [2.45, 2.75) is 0 Å². The molecule has 0 saturated heterocycles. The molecule has 0 aromatic carbocycles. The van der Waals surface area contributed by atoms with Crippen LogP contribution < -0.4 is 0 Å². The second kappa shape index (κ2) is 2.06. The molecule has 0 saturated carbocycles. The lowest BCUT2D eigenvalue weighted by molar-refractivity contribution is -0.118. The van der Waals surface area contributed by atoms with E-state index in [1.165, 1.54) is 6.20 Å². The van der Waals surface area contributed by atoms with Crippen LogP contribution in [0.15, 0.2) is 17.4 Å². The molecule has 2 heterocycles. The van der Waals surface area contributed by atoms with Gasteiger partial charge in [-0.2, -0.15) is 5.06 Å². The lowest BCUT2D eigenvalue weighted by atomic mass is 10.3. The van der Waals surface area contributed by atoms with Gasteiger partial charge in [-0.1, -0.05) is 0 Å². The maximum Gasteiger partial charge on any atom is 0.230 e. The quantitative estimate of drug-likeness (QED) is 0.505. The van der Waals surface area contributed by atoms with Gasteiger partial charge in [-0.05, 0) is 0 Å². The van der Waals surface area contributed by atoms with Gasteiger partial charge in [0.2, 0.25) is 5.96 Å². The molecule has 0 atom stereocenters. The molecule has 0 aromatic rings. The summed E-state index contributed by atoms with van der Waals surface area (Å²) in [6.45, 7) is 0.483. The van der Waals surface area contributed by atoms with Gasteiger partial charge in [0, 0.05) is 6.20 Å². The minimum atomic E-state index is 0.0636. The smallest absolute Gasteiger partial charge is 0.230 e. The minimum Gasteiger partial charge on any atom is -0.308 e. The standard InChI is InChI=1S/C6H7N3O2/c10-5-3-7-6-8(4-5)1-2-9(6)11/h1-2,11H,3-4H2. The average Bonchev–Trinajstić information content (AvgIpc) is 2.32. The topological polar surface area (TPSA) is 56.1 Å². The normalized spacial score (nSPS) is 22.3. The van der Waals surface area contributed by atoms with Crippen molar-refractivity contribution in [2.75, 3.05) is 13.1 Å². The summed E-state index contributed by atoms with van der Waals surface area (Å²) in [5.41, 5.74) is 0. The number of rotatable bonds is 0. The highest BCUT2D eigenvalue weighted by Gasteiger charge is 2.25. The fourth-order valence-corrected chi connectivity index (χ4v) is 1.09. The number of guanidine groups is 1. The molecular weight excluding hydrogens is 146 g/mol. The van der Waals surface area contributed by atoms with E-state index in [4.69, 9.17) is 5.21 Å². The maximum atomic E-state index is 10.8. The Hall–Kier alpha value is -1.36. The highest BCUT2D eigenvalue weighted by Crippen LogP contribution is 2.10. The summed E-state index contributed by atoms with van der Waals surface area (Å²) in [5.74, 6) is 0.498. The maximum absolute atomic E-state index is 10.8. The Labute approximate surface area is 63.2 Å². The fourth-order valence-electron chi connectivity index (χ4n) is 1.09.